The van der Waals surface area contributed by atoms with Crippen molar-refractivity contribution >= 4 is 17.9 Å². The number of carboxylic acid groups (broad SMARTS) is 3. The summed E-state index contributed by atoms with van der Waals surface area (Å²) in [6, 6.07) is 5.81. The van der Waals surface area contributed by atoms with Gasteiger partial charge < -0.3 is 20.1 Å². The first-order chi connectivity index (χ1) is 19.7. The number of rotatable bonds is 4. The van der Waals surface area contributed by atoms with Crippen LogP contribution in [0.2, 0.25) is 0 Å². The van der Waals surface area contributed by atoms with E-state index in [4.69, 9.17) is 34.4 Å². The van der Waals surface area contributed by atoms with Crippen molar-refractivity contribution in [2.24, 2.45) is 5.92 Å². The minimum absolute atomic E-state index is 0.764. The lowest BCUT2D eigenvalue weighted by atomic mass is 9.99. The predicted octanol–water partition coefficient (Wildman–Crippen LogP) is 4.06. The molecule has 3 aliphatic heterocycles. The maximum atomic E-state index is 10.6. The summed E-state index contributed by atoms with van der Waals surface area (Å²) in [7, 11) is 0. The van der Waals surface area contributed by atoms with Gasteiger partial charge in [-0.25, -0.2) is 14.4 Å². The zero-order valence-electron chi connectivity index (χ0n) is 22.3. The Hall–Kier alpha value is -3.19. The van der Waals surface area contributed by atoms with Gasteiger partial charge in [-0.2, -0.15) is 39.5 Å². The second-order valence-corrected chi connectivity index (χ2v) is 9.50. The molecule has 3 saturated heterocycles. The summed E-state index contributed by atoms with van der Waals surface area (Å²) in [5.41, 5.74) is 1.35. The van der Waals surface area contributed by atoms with Crippen molar-refractivity contribution < 1.29 is 74.0 Å². The van der Waals surface area contributed by atoms with Gasteiger partial charge in [-0.15, -0.1) is 0 Å². The molecule has 0 radical (unpaired) electrons. The van der Waals surface area contributed by atoms with Crippen molar-refractivity contribution in [3.8, 4) is 0 Å². The molecule has 3 fully saturated rings. The van der Waals surface area contributed by atoms with Crippen LogP contribution in [0.15, 0.2) is 24.5 Å². The summed E-state index contributed by atoms with van der Waals surface area (Å²) in [6.07, 6.45) is -6.17. The lowest BCUT2D eigenvalue weighted by molar-refractivity contribution is -0.193. The molecule has 2 atom stereocenters. The van der Waals surface area contributed by atoms with Crippen LogP contribution in [-0.2, 0) is 25.7 Å². The number of hydrogen-bond donors (Lipinski definition) is 3. The molecule has 4 heterocycles. The molecule has 43 heavy (non-hydrogen) atoms. The Morgan fingerprint density at radius 2 is 1.19 bits per heavy atom. The average molecular weight is 643 g/mol. The molecule has 19 heteroatoms. The molecule has 4 rings (SSSR count). The van der Waals surface area contributed by atoms with E-state index in [1.807, 2.05) is 12.4 Å². The van der Waals surface area contributed by atoms with E-state index in [1.54, 1.807) is 0 Å². The molecule has 0 amide bonds. The number of ether oxygens (including phenoxy) is 1. The zero-order chi connectivity index (χ0) is 33.0. The van der Waals surface area contributed by atoms with Gasteiger partial charge in [0.1, 0.15) is 0 Å². The number of fused-ring (bicyclic) bond motifs is 1. The highest BCUT2D eigenvalue weighted by Gasteiger charge is 2.43. The van der Waals surface area contributed by atoms with Crippen molar-refractivity contribution in [2.75, 3.05) is 32.8 Å². The summed E-state index contributed by atoms with van der Waals surface area (Å²) in [4.78, 5) is 36.4. The monoisotopic (exact) mass is 643 g/mol. The fourth-order valence-electron chi connectivity index (χ4n) is 4.57. The first-order valence-corrected chi connectivity index (χ1v) is 12.6. The number of nitrogens with zero attached hydrogens (tertiary/aromatic N) is 3. The van der Waals surface area contributed by atoms with E-state index >= 15 is 0 Å². The van der Waals surface area contributed by atoms with Crippen molar-refractivity contribution in [2.45, 2.75) is 62.8 Å². The molecule has 1 aromatic rings. The van der Waals surface area contributed by atoms with E-state index < -0.39 is 36.4 Å². The third-order valence-electron chi connectivity index (χ3n) is 6.48. The number of aliphatic carboxylic acids is 3. The van der Waals surface area contributed by atoms with Crippen LogP contribution < -0.4 is 0 Å². The summed E-state index contributed by atoms with van der Waals surface area (Å²) in [5.74, 6) is -7.41. The van der Waals surface area contributed by atoms with Crippen LogP contribution in [0.5, 0.6) is 0 Å². The Morgan fingerprint density at radius 3 is 1.58 bits per heavy atom. The van der Waals surface area contributed by atoms with Gasteiger partial charge in [0, 0.05) is 63.9 Å². The van der Waals surface area contributed by atoms with E-state index in [1.165, 1.54) is 50.9 Å². The van der Waals surface area contributed by atoms with Gasteiger partial charge in [-0.1, -0.05) is 6.07 Å². The number of carboxylic acids is 3. The zero-order valence-corrected chi connectivity index (χ0v) is 22.3. The largest absolute Gasteiger partial charge is 0.490 e. The van der Waals surface area contributed by atoms with Gasteiger partial charge >= 0.3 is 36.4 Å². The van der Waals surface area contributed by atoms with Crippen LogP contribution in [-0.4, -0.2) is 111 Å². The Labute approximate surface area is 239 Å². The van der Waals surface area contributed by atoms with E-state index in [0.717, 1.165) is 37.8 Å². The number of hydrogen-bond acceptors (Lipinski definition) is 7. The maximum absolute atomic E-state index is 10.6. The van der Waals surface area contributed by atoms with Crippen LogP contribution in [0.1, 0.15) is 31.2 Å². The highest BCUT2D eigenvalue weighted by atomic mass is 19.4. The topological polar surface area (TPSA) is 140 Å². The van der Waals surface area contributed by atoms with Crippen LogP contribution in [0.25, 0.3) is 0 Å². The van der Waals surface area contributed by atoms with E-state index in [9.17, 15) is 39.5 Å². The number of likely N-dealkylation sites (tertiary alicyclic amines) is 2. The number of carbonyl (C=O) groups is 3. The van der Waals surface area contributed by atoms with Crippen molar-refractivity contribution in [1.29, 1.82) is 0 Å². The highest BCUT2D eigenvalue weighted by Crippen LogP contribution is 2.34. The second-order valence-electron chi connectivity index (χ2n) is 9.50. The van der Waals surface area contributed by atoms with Gasteiger partial charge in [-0.3, -0.25) is 14.8 Å². The minimum Gasteiger partial charge on any atom is -0.475 e. The van der Waals surface area contributed by atoms with E-state index in [0.29, 0.717) is 0 Å². The Bertz CT molecular complexity index is 961. The van der Waals surface area contributed by atoms with E-state index in [2.05, 4.69) is 26.9 Å². The molecule has 0 spiro atoms. The quantitative estimate of drug-likeness (QED) is 0.412. The van der Waals surface area contributed by atoms with Gasteiger partial charge in [-0.05, 0) is 43.2 Å². The second kappa shape index (κ2) is 16.6. The number of pyridine rings is 1. The third-order valence-corrected chi connectivity index (χ3v) is 6.48. The first kappa shape index (κ1) is 37.8. The molecule has 0 unspecified atom stereocenters. The van der Waals surface area contributed by atoms with Crippen molar-refractivity contribution in [3.63, 3.8) is 0 Å². The lowest BCUT2D eigenvalue weighted by Gasteiger charge is -2.30. The normalized spacial score (nSPS) is 21.2. The highest BCUT2D eigenvalue weighted by molar-refractivity contribution is 5.73. The summed E-state index contributed by atoms with van der Waals surface area (Å²) in [6.45, 7) is 6.84. The van der Waals surface area contributed by atoms with Gasteiger partial charge in [0.2, 0.25) is 0 Å². The Morgan fingerprint density at radius 1 is 0.767 bits per heavy atom. The van der Waals surface area contributed by atoms with E-state index in [-0.39, 0.29) is 0 Å². The molecular formula is C24H30F9N3O7. The molecule has 0 aromatic carbocycles. The molecule has 1 aromatic heterocycles. The van der Waals surface area contributed by atoms with Crippen LogP contribution >= 0.6 is 0 Å². The minimum atomic E-state index is -5.08. The summed E-state index contributed by atoms with van der Waals surface area (Å²) < 4.78 is 101. The third kappa shape index (κ3) is 14.2. The fraction of sp³-hybridized carbons (Fsp3) is 0.667. The van der Waals surface area contributed by atoms with Crippen molar-refractivity contribution in [3.05, 3.63) is 30.1 Å². The van der Waals surface area contributed by atoms with Crippen LogP contribution in [0.4, 0.5) is 39.5 Å². The number of aromatic nitrogens is 1. The SMILES string of the molecule is O=C(O)C(F)(F)F.O=C(O)C(F)(F)F.O=C(O)C(F)(F)F.c1cncc(CN2CC[C@@H]3[C@@H]2CCN3CC2CCOCC2)c1. The van der Waals surface area contributed by atoms with Gasteiger partial charge in [0.15, 0.2) is 0 Å². The lowest BCUT2D eigenvalue weighted by Crippen LogP contribution is -2.39. The standard InChI is InChI=1S/C18H27N3O.3C2HF3O2/c1-2-16(12-19-7-1)14-21-9-4-17-18(21)3-8-20(17)13-15-5-10-22-11-6-15;3*3-2(4,5)1(6)7/h1-2,7,12,15,17-18H,3-6,8-11,13-14H2;3*(H,6,7)/t17-,18+;;;/m1.../s1. The first-order valence-electron chi connectivity index (χ1n) is 12.6. The molecule has 3 aliphatic rings. The molecular weight excluding hydrogens is 613 g/mol. The smallest absolute Gasteiger partial charge is 0.475 e. The van der Waals surface area contributed by atoms with Crippen LogP contribution in [0.3, 0.4) is 0 Å². The molecule has 10 nitrogen and oxygen atoms in total. The number of halogens is 9. The van der Waals surface area contributed by atoms with Gasteiger partial charge in [0.25, 0.3) is 0 Å². The van der Waals surface area contributed by atoms with Gasteiger partial charge in [0.05, 0.1) is 0 Å². The molecule has 0 saturated carbocycles. The summed E-state index contributed by atoms with van der Waals surface area (Å²) in [5, 5.41) is 21.4. The van der Waals surface area contributed by atoms with Crippen LogP contribution in [0, 0.1) is 5.92 Å². The molecule has 3 N–H and O–H groups in total. The Kier molecular flexibility index (Phi) is 14.6. The average Bonchev–Trinajstić information content (AvgIpc) is 3.48. The fourth-order valence-corrected chi connectivity index (χ4v) is 4.57. The van der Waals surface area contributed by atoms with Crippen molar-refractivity contribution in [1.82, 2.24) is 14.8 Å². The summed E-state index contributed by atoms with van der Waals surface area (Å²) >= 11 is 0. The molecule has 0 aliphatic carbocycles. The maximum Gasteiger partial charge on any atom is 0.490 e. The molecule has 0 bridgehead atoms. The number of alkyl halides is 9. The molecule has 246 valence electrons. The Balaban J connectivity index is 0.000000363. The predicted molar refractivity (Wildman–Crippen MR) is 128 cm³/mol.